The number of aryl methyl sites for hydroxylation is 2. The van der Waals surface area contributed by atoms with E-state index < -0.39 is 0 Å². The average molecular weight is 303 g/mol. The zero-order chi connectivity index (χ0) is 16.4. The highest BCUT2D eigenvalue weighted by Gasteiger charge is 2.17. The predicted molar refractivity (Wildman–Crippen MR) is 91.2 cm³/mol. The number of anilines is 1. The lowest BCUT2D eigenvalue weighted by atomic mass is 9.98. The summed E-state index contributed by atoms with van der Waals surface area (Å²) in [5.41, 5.74) is 10.4. The first-order chi connectivity index (χ1) is 11.0. The van der Waals surface area contributed by atoms with E-state index in [1.807, 2.05) is 62.4 Å². The number of nitrogen functional groups attached to an aromatic ring is 1. The summed E-state index contributed by atoms with van der Waals surface area (Å²) < 4.78 is 0. The van der Waals surface area contributed by atoms with Crippen LogP contribution in [0.1, 0.15) is 27.0 Å². The van der Waals surface area contributed by atoms with Gasteiger partial charge in [0.15, 0.2) is 5.78 Å². The molecule has 0 saturated heterocycles. The van der Waals surface area contributed by atoms with Crippen molar-refractivity contribution in [3.8, 4) is 11.3 Å². The molecule has 1 aromatic heterocycles. The molecule has 0 amide bonds. The molecule has 0 saturated carbocycles. The summed E-state index contributed by atoms with van der Waals surface area (Å²) in [6, 6.07) is 15.3. The maximum absolute atomic E-state index is 12.8. The number of aromatic nitrogens is 2. The van der Waals surface area contributed by atoms with Gasteiger partial charge < -0.3 is 5.73 Å². The van der Waals surface area contributed by atoms with Crippen molar-refractivity contribution in [1.82, 2.24) is 9.97 Å². The summed E-state index contributed by atoms with van der Waals surface area (Å²) in [5.74, 6) is 0.0432. The molecule has 0 fully saturated rings. The first kappa shape index (κ1) is 14.9. The number of nitrogens with zero attached hydrogens (tertiary/aromatic N) is 2. The molecule has 0 unspecified atom stereocenters. The molecule has 0 spiro atoms. The molecule has 1 heterocycles. The molecule has 0 bridgehead atoms. The van der Waals surface area contributed by atoms with E-state index in [1.54, 1.807) is 0 Å². The monoisotopic (exact) mass is 303 g/mol. The van der Waals surface area contributed by atoms with Gasteiger partial charge in [0.25, 0.3) is 0 Å². The van der Waals surface area contributed by atoms with Crippen LogP contribution in [0.15, 0.2) is 54.7 Å². The van der Waals surface area contributed by atoms with Crippen molar-refractivity contribution < 1.29 is 4.79 Å². The van der Waals surface area contributed by atoms with Gasteiger partial charge in [-0.25, -0.2) is 9.97 Å². The summed E-state index contributed by atoms with van der Waals surface area (Å²) >= 11 is 0. The predicted octanol–water partition coefficient (Wildman–Crippen LogP) is 3.57. The van der Waals surface area contributed by atoms with Gasteiger partial charge in [0.2, 0.25) is 5.95 Å². The van der Waals surface area contributed by atoms with Gasteiger partial charge in [0.05, 0.1) is 11.3 Å². The number of benzene rings is 2. The maximum atomic E-state index is 12.8. The van der Waals surface area contributed by atoms with Gasteiger partial charge in [0.1, 0.15) is 0 Å². The molecular formula is C19H17N3O. The lowest BCUT2D eigenvalue weighted by molar-refractivity contribution is 0.103. The molecule has 4 nitrogen and oxygen atoms in total. The van der Waals surface area contributed by atoms with Crippen molar-refractivity contribution in [3.63, 3.8) is 0 Å². The van der Waals surface area contributed by atoms with E-state index in [-0.39, 0.29) is 11.7 Å². The van der Waals surface area contributed by atoms with E-state index in [9.17, 15) is 4.79 Å². The number of carbonyl (C=O) groups is 1. The van der Waals surface area contributed by atoms with Gasteiger partial charge in [0, 0.05) is 17.3 Å². The molecule has 3 aromatic rings. The molecule has 3 rings (SSSR count). The fraction of sp³-hybridized carbons (Fsp3) is 0.105. The van der Waals surface area contributed by atoms with Crippen LogP contribution in [0.4, 0.5) is 5.95 Å². The summed E-state index contributed by atoms with van der Waals surface area (Å²) in [6.45, 7) is 3.99. The molecular weight excluding hydrogens is 286 g/mol. The summed E-state index contributed by atoms with van der Waals surface area (Å²) in [7, 11) is 0. The number of hydrogen-bond donors (Lipinski definition) is 1. The fourth-order valence-electron chi connectivity index (χ4n) is 2.35. The van der Waals surface area contributed by atoms with Gasteiger partial charge in [-0.2, -0.15) is 0 Å². The van der Waals surface area contributed by atoms with E-state index in [1.165, 1.54) is 6.20 Å². The van der Waals surface area contributed by atoms with Crippen LogP contribution in [-0.2, 0) is 0 Å². The van der Waals surface area contributed by atoms with Crippen molar-refractivity contribution in [1.29, 1.82) is 0 Å². The van der Waals surface area contributed by atoms with Gasteiger partial charge >= 0.3 is 0 Å². The van der Waals surface area contributed by atoms with E-state index in [2.05, 4.69) is 9.97 Å². The molecule has 0 atom stereocenters. The highest BCUT2D eigenvalue weighted by Crippen LogP contribution is 2.24. The minimum Gasteiger partial charge on any atom is -0.368 e. The minimum absolute atomic E-state index is 0.111. The van der Waals surface area contributed by atoms with Crippen LogP contribution in [-0.4, -0.2) is 15.8 Å². The Bertz CT molecular complexity index is 853. The Labute approximate surface area is 135 Å². The highest BCUT2D eigenvalue weighted by molar-refractivity contribution is 6.12. The van der Waals surface area contributed by atoms with Gasteiger partial charge in [-0.1, -0.05) is 59.7 Å². The summed E-state index contributed by atoms with van der Waals surface area (Å²) in [5, 5.41) is 0. The number of rotatable bonds is 3. The second-order valence-corrected chi connectivity index (χ2v) is 5.55. The van der Waals surface area contributed by atoms with Crippen LogP contribution in [0, 0.1) is 13.8 Å². The molecule has 0 radical (unpaired) electrons. The SMILES string of the molecule is Cc1ccc(C(=O)c2cnc(N)nc2-c2ccc(C)cc2)cc1. The van der Waals surface area contributed by atoms with Crippen molar-refractivity contribution in [2.24, 2.45) is 0 Å². The minimum atomic E-state index is -0.111. The van der Waals surface area contributed by atoms with Crippen molar-refractivity contribution in [2.75, 3.05) is 5.73 Å². The number of ketones is 1. The molecule has 0 aliphatic carbocycles. The average Bonchev–Trinajstić information content (AvgIpc) is 2.55. The molecule has 2 aromatic carbocycles. The second-order valence-electron chi connectivity index (χ2n) is 5.55. The lowest BCUT2D eigenvalue weighted by Crippen LogP contribution is -2.08. The fourth-order valence-corrected chi connectivity index (χ4v) is 2.35. The third-order valence-corrected chi connectivity index (χ3v) is 3.69. The standard InChI is InChI=1S/C19H17N3O/c1-12-3-7-14(8-4-12)17-16(11-21-19(20)22-17)18(23)15-9-5-13(2)6-10-15/h3-11H,1-2H3,(H2,20,21,22). The first-order valence-electron chi connectivity index (χ1n) is 7.35. The van der Waals surface area contributed by atoms with Crippen LogP contribution in [0.25, 0.3) is 11.3 Å². The quantitative estimate of drug-likeness (QED) is 0.751. The van der Waals surface area contributed by atoms with Crippen molar-refractivity contribution in [2.45, 2.75) is 13.8 Å². The normalized spacial score (nSPS) is 10.5. The van der Waals surface area contributed by atoms with Gasteiger partial charge in [-0.05, 0) is 13.8 Å². The molecule has 0 aliphatic rings. The van der Waals surface area contributed by atoms with Crippen LogP contribution in [0.3, 0.4) is 0 Å². The number of hydrogen-bond acceptors (Lipinski definition) is 4. The van der Waals surface area contributed by atoms with Crippen LogP contribution >= 0.6 is 0 Å². The molecule has 4 heteroatoms. The second kappa shape index (κ2) is 6.01. The molecule has 0 aliphatic heterocycles. The zero-order valence-electron chi connectivity index (χ0n) is 13.1. The van der Waals surface area contributed by atoms with E-state index >= 15 is 0 Å². The lowest BCUT2D eigenvalue weighted by Gasteiger charge is -2.09. The number of nitrogens with two attached hydrogens (primary N) is 1. The molecule has 2 N–H and O–H groups in total. The van der Waals surface area contributed by atoms with Gasteiger partial charge in [-0.15, -0.1) is 0 Å². The van der Waals surface area contributed by atoms with Crippen LogP contribution < -0.4 is 5.73 Å². The Morgan fingerprint density at radius 3 is 2.09 bits per heavy atom. The van der Waals surface area contributed by atoms with Crippen LogP contribution in [0.2, 0.25) is 0 Å². The Morgan fingerprint density at radius 1 is 0.913 bits per heavy atom. The van der Waals surface area contributed by atoms with Gasteiger partial charge in [-0.3, -0.25) is 4.79 Å². The Hall–Kier alpha value is -3.01. The van der Waals surface area contributed by atoms with E-state index in [0.717, 1.165) is 16.7 Å². The topological polar surface area (TPSA) is 68.9 Å². The molecule has 23 heavy (non-hydrogen) atoms. The Balaban J connectivity index is 2.10. The summed E-state index contributed by atoms with van der Waals surface area (Å²) in [4.78, 5) is 21.1. The van der Waals surface area contributed by atoms with E-state index in [4.69, 9.17) is 5.73 Å². The maximum Gasteiger partial charge on any atom is 0.220 e. The Morgan fingerprint density at radius 2 is 1.48 bits per heavy atom. The van der Waals surface area contributed by atoms with Crippen molar-refractivity contribution >= 4 is 11.7 Å². The molecule has 114 valence electrons. The zero-order valence-corrected chi connectivity index (χ0v) is 13.1. The smallest absolute Gasteiger partial charge is 0.220 e. The summed E-state index contributed by atoms with van der Waals surface area (Å²) in [6.07, 6.45) is 1.50. The Kier molecular flexibility index (Phi) is 3.89. The third-order valence-electron chi connectivity index (χ3n) is 3.69. The van der Waals surface area contributed by atoms with E-state index in [0.29, 0.717) is 16.8 Å². The number of carbonyl (C=O) groups excluding carboxylic acids is 1. The highest BCUT2D eigenvalue weighted by atomic mass is 16.1. The first-order valence-corrected chi connectivity index (χ1v) is 7.35. The van der Waals surface area contributed by atoms with Crippen LogP contribution in [0.5, 0.6) is 0 Å². The largest absolute Gasteiger partial charge is 0.368 e. The van der Waals surface area contributed by atoms with Crippen molar-refractivity contribution in [3.05, 3.63) is 77.0 Å². The third kappa shape index (κ3) is 3.11.